The van der Waals surface area contributed by atoms with Gasteiger partial charge in [-0.3, -0.25) is 14.4 Å². The summed E-state index contributed by atoms with van der Waals surface area (Å²) >= 11 is 1.31. The summed E-state index contributed by atoms with van der Waals surface area (Å²) in [4.78, 5) is 45.3. The second-order valence-electron chi connectivity index (χ2n) is 11.3. The zero-order chi connectivity index (χ0) is 28.7. The summed E-state index contributed by atoms with van der Waals surface area (Å²) in [5, 5.41) is 15.6. The van der Waals surface area contributed by atoms with E-state index in [1.807, 2.05) is 0 Å². The van der Waals surface area contributed by atoms with E-state index in [1.54, 1.807) is 39.3 Å². The lowest BCUT2D eigenvalue weighted by molar-refractivity contribution is -0.145. The zero-order valence-corrected chi connectivity index (χ0v) is 23.5. The molecule has 0 bridgehead atoms. The van der Waals surface area contributed by atoms with Crippen molar-refractivity contribution in [2.45, 2.75) is 77.4 Å². The molecule has 212 valence electrons. The predicted molar refractivity (Wildman–Crippen MR) is 141 cm³/mol. The van der Waals surface area contributed by atoms with E-state index in [1.165, 1.54) is 29.4 Å². The lowest BCUT2D eigenvalue weighted by Crippen LogP contribution is -2.59. The molecule has 0 unspecified atom stereocenters. The van der Waals surface area contributed by atoms with E-state index in [2.05, 4.69) is 15.6 Å². The van der Waals surface area contributed by atoms with Crippen LogP contribution in [0.4, 0.5) is 8.78 Å². The van der Waals surface area contributed by atoms with Crippen LogP contribution in [0.25, 0.3) is 10.4 Å². The van der Waals surface area contributed by atoms with E-state index < -0.39 is 52.8 Å². The molecule has 2 heterocycles. The molecule has 2 fully saturated rings. The minimum Gasteiger partial charge on any atom is -0.496 e. The number of carbonyl (C=O) groups excluding carboxylic acids is 3. The molecule has 39 heavy (non-hydrogen) atoms. The average Bonchev–Trinajstić information content (AvgIpc) is 3.28. The van der Waals surface area contributed by atoms with Crippen LogP contribution in [0, 0.1) is 18.2 Å². The number of hydrogen-bond donors (Lipinski definition) is 3. The molecule has 1 aliphatic heterocycles. The highest BCUT2D eigenvalue weighted by Gasteiger charge is 2.53. The summed E-state index contributed by atoms with van der Waals surface area (Å²) in [7, 11) is 1.44. The van der Waals surface area contributed by atoms with Crippen LogP contribution in [-0.2, 0) is 20.9 Å². The molecular weight excluding hydrogens is 530 g/mol. The monoisotopic (exact) mass is 564 g/mol. The Morgan fingerprint density at radius 1 is 1.31 bits per heavy atom. The van der Waals surface area contributed by atoms with Crippen LogP contribution < -0.4 is 15.4 Å². The standard InChI is InChI=1S/C27H34F2N4O5S/c1-14-21(39-13-31-14)17-10-20(38-5)15(8-18(17)28)11-30-23(35)19-9-16(34)12-33(19)24(36)22(26(2,3)4)32-25(37)27(29)6-7-27/h8,10,13,16,19,22,34H,6-7,9,11-12H2,1-5H3,(H,30,35)(H,32,37)/t16-,19+,22-/m1/s1. The van der Waals surface area contributed by atoms with Crippen LogP contribution in [0.1, 0.15) is 51.3 Å². The van der Waals surface area contributed by atoms with Crippen LogP contribution in [0.3, 0.4) is 0 Å². The van der Waals surface area contributed by atoms with E-state index in [4.69, 9.17) is 4.74 Å². The van der Waals surface area contributed by atoms with Gasteiger partial charge in [0.2, 0.25) is 11.8 Å². The zero-order valence-electron chi connectivity index (χ0n) is 22.6. The SMILES string of the molecule is COc1cc(-c2scnc2C)c(F)cc1CNC(=O)[C@@H]1C[C@@H](O)CN1C(=O)[C@@H](NC(=O)C1(F)CC1)C(C)(C)C. The number of hydrogen-bond acceptors (Lipinski definition) is 7. The Morgan fingerprint density at radius 3 is 2.56 bits per heavy atom. The van der Waals surface area contributed by atoms with Crippen molar-refractivity contribution in [3.05, 3.63) is 34.7 Å². The summed E-state index contributed by atoms with van der Waals surface area (Å²) in [5.41, 5.74) is 0.307. The number of benzene rings is 1. The van der Waals surface area contributed by atoms with Crippen LogP contribution in [-0.4, -0.2) is 70.2 Å². The van der Waals surface area contributed by atoms with Crippen molar-refractivity contribution >= 4 is 29.1 Å². The first kappa shape index (κ1) is 28.9. The van der Waals surface area contributed by atoms with Gasteiger partial charge in [0.25, 0.3) is 5.91 Å². The van der Waals surface area contributed by atoms with Crippen molar-refractivity contribution in [3.63, 3.8) is 0 Å². The van der Waals surface area contributed by atoms with Crippen molar-refractivity contribution in [2.24, 2.45) is 5.41 Å². The summed E-state index contributed by atoms with van der Waals surface area (Å²) in [6.07, 6.45) is -0.756. The predicted octanol–water partition coefficient (Wildman–Crippen LogP) is 2.88. The largest absolute Gasteiger partial charge is 0.496 e. The number of methoxy groups -OCH3 is 1. The van der Waals surface area contributed by atoms with Crippen molar-refractivity contribution in [1.29, 1.82) is 0 Å². The van der Waals surface area contributed by atoms with Crippen molar-refractivity contribution in [1.82, 2.24) is 20.5 Å². The van der Waals surface area contributed by atoms with Crippen molar-refractivity contribution < 1.29 is 33.0 Å². The van der Waals surface area contributed by atoms with E-state index in [9.17, 15) is 23.9 Å². The Hall–Kier alpha value is -3.12. The number of carbonyl (C=O) groups is 3. The maximum Gasteiger partial charge on any atom is 0.258 e. The highest BCUT2D eigenvalue weighted by Crippen LogP contribution is 2.40. The van der Waals surface area contributed by atoms with Gasteiger partial charge in [-0.05, 0) is 37.3 Å². The molecule has 12 heteroatoms. The molecule has 9 nitrogen and oxygen atoms in total. The molecule has 4 rings (SSSR count). The third-order valence-electron chi connectivity index (χ3n) is 7.16. The Morgan fingerprint density at radius 2 is 2.00 bits per heavy atom. The number of alkyl halides is 1. The molecule has 3 amide bonds. The fourth-order valence-corrected chi connectivity index (χ4v) is 5.50. The van der Waals surface area contributed by atoms with Crippen LogP contribution in [0.15, 0.2) is 17.6 Å². The number of β-amino-alcohol motifs (C(OH)–C–C–N with tert-alkyl or cyclic N) is 1. The number of likely N-dealkylation sites (tertiary alicyclic amines) is 1. The van der Waals surface area contributed by atoms with Gasteiger partial charge >= 0.3 is 0 Å². The molecule has 1 saturated carbocycles. The second kappa shape index (κ2) is 10.8. The topological polar surface area (TPSA) is 121 Å². The molecule has 2 aliphatic rings. The Labute approximate surface area is 229 Å². The number of nitrogens with zero attached hydrogens (tertiary/aromatic N) is 2. The quantitative estimate of drug-likeness (QED) is 0.454. The van der Waals surface area contributed by atoms with Gasteiger partial charge in [-0.2, -0.15) is 0 Å². The van der Waals surface area contributed by atoms with Gasteiger partial charge in [0.15, 0.2) is 5.67 Å². The molecular formula is C27H34F2N4O5S. The Balaban J connectivity index is 1.49. The maximum absolute atomic E-state index is 15.0. The number of nitrogens with one attached hydrogen (secondary N) is 2. The van der Waals surface area contributed by atoms with Gasteiger partial charge < -0.3 is 25.4 Å². The van der Waals surface area contributed by atoms with Gasteiger partial charge in [0.05, 0.1) is 29.3 Å². The normalized spacial score (nSPS) is 20.9. The molecule has 1 saturated heterocycles. The van der Waals surface area contributed by atoms with E-state index in [0.717, 1.165) is 0 Å². The summed E-state index contributed by atoms with van der Waals surface area (Å²) in [5.74, 6) is -2.10. The molecule has 3 N–H and O–H groups in total. The highest BCUT2D eigenvalue weighted by molar-refractivity contribution is 7.13. The minimum absolute atomic E-state index is 0.00940. The smallest absolute Gasteiger partial charge is 0.258 e. The van der Waals surface area contributed by atoms with Crippen LogP contribution in [0.5, 0.6) is 5.75 Å². The van der Waals surface area contributed by atoms with Crippen LogP contribution in [0.2, 0.25) is 0 Å². The van der Waals surface area contributed by atoms with Gasteiger partial charge in [0, 0.05) is 30.6 Å². The van der Waals surface area contributed by atoms with Gasteiger partial charge in [-0.25, -0.2) is 13.8 Å². The number of halogens is 2. The molecule has 1 aromatic heterocycles. The number of rotatable bonds is 8. The fraction of sp³-hybridized carbons (Fsp3) is 0.556. The Bertz CT molecular complexity index is 1270. The molecule has 0 spiro atoms. The van der Waals surface area contributed by atoms with Crippen molar-refractivity contribution in [2.75, 3.05) is 13.7 Å². The van der Waals surface area contributed by atoms with E-state index >= 15 is 4.39 Å². The fourth-order valence-electron chi connectivity index (χ4n) is 4.67. The number of aromatic nitrogens is 1. The van der Waals surface area contributed by atoms with Crippen molar-refractivity contribution in [3.8, 4) is 16.2 Å². The average molecular weight is 565 g/mol. The summed E-state index contributed by atoms with van der Waals surface area (Å²) in [6, 6.07) is 0.719. The number of thiazole rings is 1. The Kier molecular flexibility index (Phi) is 8.00. The first-order valence-electron chi connectivity index (χ1n) is 12.8. The number of aliphatic hydroxyl groups excluding tert-OH is 1. The first-order chi connectivity index (χ1) is 18.2. The number of amides is 3. The highest BCUT2D eigenvalue weighted by atomic mass is 32.1. The maximum atomic E-state index is 15.0. The summed E-state index contributed by atoms with van der Waals surface area (Å²) in [6.45, 7) is 6.78. The molecule has 1 aromatic carbocycles. The third-order valence-corrected chi connectivity index (χ3v) is 8.12. The lowest BCUT2D eigenvalue weighted by atomic mass is 9.85. The number of aliphatic hydroxyl groups is 1. The van der Waals surface area contributed by atoms with E-state index in [0.29, 0.717) is 27.4 Å². The van der Waals surface area contributed by atoms with Gasteiger partial charge in [-0.1, -0.05) is 20.8 Å². The molecule has 3 atom stereocenters. The van der Waals surface area contributed by atoms with Crippen LogP contribution >= 0.6 is 11.3 Å². The summed E-state index contributed by atoms with van der Waals surface area (Å²) < 4.78 is 34.8. The second-order valence-corrected chi connectivity index (χ2v) is 12.1. The minimum atomic E-state index is -1.96. The number of aryl methyl sites for hydroxylation is 1. The molecule has 1 aliphatic carbocycles. The molecule has 2 aromatic rings. The number of ether oxygens (including phenoxy) is 1. The van der Waals surface area contributed by atoms with E-state index in [-0.39, 0.29) is 32.4 Å². The van der Waals surface area contributed by atoms with Gasteiger partial charge in [0.1, 0.15) is 23.7 Å². The lowest BCUT2D eigenvalue weighted by Gasteiger charge is -2.35. The third kappa shape index (κ3) is 6.06. The first-order valence-corrected chi connectivity index (χ1v) is 13.7. The van der Waals surface area contributed by atoms with Gasteiger partial charge in [-0.15, -0.1) is 11.3 Å². The molecule has 0 radical (unpaired) electrons.